The second-order valence-electron chi connectivity index (χ2n) is 6.27. The number of halogens is 3. The molecule has 27 heavy (non-hydrogen) atoms. The highest BCUT2D eigenvalue weighted by Crippen LogP contribution is 2.36. The van der Waals surface area contributed by atoms with Crippen molar-refractivity contribution >= 4 is 27.1 Å². The third-order valence-corrected chi connectivity index (χ3v) is 5.14. The molecule has 0 spiro atoms. The second kappa shape index (κ2) is 6.91. The molecule has 1 saturated heterocycles. The Morgan fingerprint density at radius 2 is 1.81 bits per heavy atom. The Morgan fingerprint density at radius 3 is 2.37 bits per heavy atom. The van der Waals surface area contributed by atoms with Gasteiger partial charge < -0.3 is 14.6 Å². The molecule has 2 heterocycles. The summed E-state index contributed by atoms with van der Waals surface area (Å²) in [7, 11) is -3.64. The molecule has 1 amide bonds. The number of nitrogens with one attached hydrogen (secondary N) is 1. The summed E-state index contributed by atoms with van der Waals surface area (Å²) in [6, 6.07) is 5.45. The first kappa shape index (κ1) is 19.3. The number of alkyl halides is 3. The van der Waals surface area contributed by atoms with Gasteiger partial charge >= 0.3 is 6.18 Å². The highest BCUT2D eigenvalue weighted by atomic mass is 32.2. The third-order valence-electron chi connectivity index (χ3n) is 4.19. The highest BCUT2D eigenvalue weighted by Gasteiger charge is 2.32. The molecule has 0 bridgehead atoms. The number of carbonyl (C=O) groups excluding carboxylic acids is 1. The van der Waals surface area contributed by atoms with E-state index in [0.717, 1.165) is 43.4 Å². The molecule has 0 atom stereocenters. The first-order valence-electron chi connectivity index (χ1n) is 8.13. The molecular weight excluding hydrogens is 385 g/mol. The predicted octanol–water partition coefficient (Wildman–Crippen LogP) is 3.55. The third kappa shape index (κ3) is 4.26. The summed E-state index contributed by atoms with van der Waals surface area (Å²) in [5.41, 5.74) is -0.421. The molecule has 2 aromatic rings. The van der Waals surface area contributed by atoms with Crippen LogP contribution in [0.5, 0.6) is 0 Å². The fourth-order valence-electron chi connectivity index (χ4n) is 2.87. The number of carbonyl (C=O) groups is 1. The first-order chi connectivity index (χ1) is 12.6. The lowest BCUT2D eigenvalue weighted by Crippen LogP contribution is -2.21. The molecule has 1 aliphatic rings. The summed E-state index contributed by atoms with van der Waals surface area (Å²) in [6.45, 7) is 1.35. The molecule has 10 heteroatoms. The molecule has 0 saturated carbocycles. The average molecular weight is 402 g/mol. The van der Waals surface area contributed by atoms with Gasteiger partial charge in [0.15, 0.2) is 5.76 Å². The van der Waals surface area contributed by atoms with Crippen LogP contribution in [0.25, 0.3) is 0 Å². The van der Waals surface area contributed by atoms with Crippen molar-refractivity contribution in [3.8, 4) is 0 Å². The van der Waals surface area contributed by atoms with Gasteiger partial charge in [-0.15, -0.1) is 0 Å². The van der Waals surface area contributed by atoms with E-state index in [4.69, 9.17) is 4.42 Å². The smallest absolute Gasteiger partial charge is 0.416 e. The van der Waals surface area contributed by atoms with Gasteiger partial charge in [-0.3, -0.25) is 4.79 Å². The van der Waals surface area contributed by atoms with Crippen molar-refractivity contribution in [3.63, 3.8) is 0 Å². The predicted molar refractivity (Wildman–Crippen MR) is 92.7 cm³/mol. The Morgan fingerprint density at radius 1 is 1.15 bits per heavy atom. The zero-order valence-corrected chi connectivity index (χ0v) is 15.2. The molecule has 1 aliphatic heterocycles. The minimum absolute atomic E-state index is 0.00553. The van der Waals surface area contributed by atoms with Gasteiger partial charge in [-0.05, 0) is 43.2 Å². The Kier molecular flexibility index (Phi) is 4.94. The van der Waals surface area contributed by atoms with Crippen molar-refractivity contribution in [2.75, 3.05) is 29.6 Å². The van der Waals surface area contributed by atoms with Crippen molar-refractivity contribution < 1.29 is 30.8 Å². The number of furan rings is 1. The number of nitrogens with zero attached hydrogens (tertiary/aromatic N) is 1. The number of sulfone groups is 1. The lowest BCUT2D eigenvalue weighted by molar-refractivity contribution is -0.137. The Balaban J connectivity index is 1.93. The van der Waals surface area contributed by atoms with E-state index in [1.54, 1.807) is 0 Å². The van der Waals surface area contributed by atoms with Crippen LogP contribution in [0.15, 0.2) is 39.8 Å². The number of benzene rings is 1. The van der Waals surface area contributed by atoms with Gasteiger partial charge in [-0.2, -0.15) is 13.2 Å². The van der Waals surface area contributed by atoms with Gasteiger partial charge in [-0.1, -0.05) is 0 Å². The van der Waals surface area contributed by atoms with Gasteiger partial charge in [0.2, 0.25) is 14.9 Å². The zero-order chi connectivity index (χ0) is 19.8. The van der Waals surface area contributed by atoms with Crippen LogP contribution in [-0.2, 0) is 16.0 Å². The van der Waals surface area contributed by atoms with Crippen molar-refractivity contribution in [2.24, 2.45) is 0 Å². The lowest BCUT2D eigenvalue weighted by Gasteiger charge is -2.22. The minimum Gasteiger partial charge on any atom is -0.440 e. The van der Waals surface area contributed by atoms with Gasteiger partial charge in [-0.25, -0.2) is 8.42 Å². The fourth-order valence-corrected chi connectivity index (χ4v) is 3.43. The summed E-state index contributed by atoms with van der Waals surface area (Å²) in [6.07, 6.45) is -1.82. The SMILES string of the molecule is CS(=O)(=O)c1ccc(C(=O)Nc2cc(C(F)(F)F)ccc2N2CCCC2)o1. The molecule has 0 aliphatic carbocycles. The molecule has 1 N–H and O–H groups in total. The number of amides is 1. The fraction of sp³-hybridized carbons (Fsp3) is 0.353. The van der Waals surface area contributed by atoms with Gasteiger partial charge in [0.25, 0.3) is 5.91 Å². The van der Waals surface area contributed by atoms with Crippen LogP contribution in [0.4, 0.5) is 24.5 Å². The second-order valence-corrected chi connectivity index (χ2v) is 8.22. The van der Waals surface area contributed by atoms with E-state index in [9.17, 15) is 26.4 Å². The summed E-state index contributed by atoms with van der Waals surface area (Å²) in [5.74, 6) is -1.13. The van der Waals surface area contributed by atoms with Crippen LogP contribution in [-0.4, -0.2) is 33.7 Å². The Labute approximate surface area is 153 Å². The largest absolute Gasteiger partial charge is 0.440 e. The molecule has 3 rings (SSSR count). The van der Waals surface area contributed by atoms with Crippen molar-refractivity contribution in [1.29, 1.82) is 0 Å². The molecule has 0 radical (unpaired) electrons. The number of anilines is 2. The zero-order valence-electron chi connectivity index (χ0n) is 14.3. The standard InChI is InChI=1S/C17H17F3N2O4S/c1-27(24,25)15-7-6-14(26-15)16(23)21-12-10-11(17(18,19)20)4-5-13(12)22-8-2-3-9-22/h4-7,10H,2-3,8-9H2,1H3,(H,21,23). The van der Waals surface area contributed by atoms with E-state index in [-0.39, 0.29) is 11.4 Å². The summed E-state index contributed by atoms with van der Waals surface area (Å²) >= 11 is 0. The first-order valence-corrected chi connectivity index (χ1v) is 10.0. The monoisotopic (exact) mass is 402 g/mol. The van der Waals surface area contributed by atoms with E-state index in [2.05, 4.69) is 5.32 Å². The van der Waals surface area contributed by atoms with Crippen LogP contribution < -0.4 is 10.2 Å². The van der Waals surface area contributed by atoms with Crippen LogP contribution in [0.1, 0.15) is 29.0 Å². The molecule has 146 valence electrons. The molecule has 0 unspecified atom stereocenters. The quantitative estimate of drug-likeness (QED) is 0.846. The van der Waals surface area contributed by atoms with Crippen molar-refractivity contribution in [2.45, 2.75) is 24.1 Å². The van der Waals surface area contributed by atoms with Gasteiger partial charge in [0.05, 0.1) is 16.9 Å². The van der Waals surface area contributed by atoms with Crippen LogP contribution in [0.3, 0.4) is 0 Å². The number of hydrogen-bond acceptors (Lipinski definition) is 5. The van der Waals surface area contributed by atoms with E-state index >= 15 is 0 Å². The normalized spacial score (nSPS) is 15.2. The van der Waals surface area contributed by atoms with E-state index < -0.39 is 32.6 Å². The summed E-state index contributed by atoms with van der Waals surface area (Å²) < 4.78 is 67.1. The van der Waals surface area contributed by atoms with Gasteiger partial charge in [0, 0.05) is 19.3 Å². The van der Waals surface area contributed by atoms with Crippen LogP contribution in [0, 0.1) is 0 Å². The Bertz CT molecular complexity index is 961. The number of rotatable bonds is 4. The molecule has 1 aromatic heterocycles. The van der Waals surface area contributed by atoms with Crippen molar-refractivity contribution in [1.82, 2.24) is 0 Å². The molecule has 1 fully saturated rings. The van der Waals surface area contributed by atoms with Crippen molar-refractivity contribution in [3.05, 3.63) is 41.7 Å². The molecule has 1 aromatic carbocycles. The molecular formula is C17H17F3N2O4S. The van der Waals surface area contributed by atoms with E-state index in [0.29, 0.717) is 18.8 Å². The van der Waals surface area contributed by atoms with E-state index in [1.807, 2.05) is 4.90 Å². The Hall–Kier alpha value is -2.49. The van der Waals surface area contributed by atoms with Crippen LogP contribution >= 0.6 is 0 Å². The average Bonchev–Trinajstić information content (AvgIpc) is 3.25. The van der Waals surface area contributed by atoms with Gasteiger partial charge in [0.1, 0.15) is 0 Å². The molecule has 6 nitrogen and oxygen atoms in total. The maximum atomic E-state index is 13.1. The maximum Gasteiger partial charge on any atom is 0.416 e. The topological polar surface area (TPSA) is 79.6 Å². The number of hydrogen-bond donors (Lipinski definition) is 1. The lowest BCUT2D eigenvalue weighted by atomic mass is 10.1. The maximum absolute atomic E-state index is 13.1. The summed E-state index contributed by atoms with van der Waals surface area (Å²) in [4.78, 5) is 14.3. The summed E-state index contributed by atoms with van der Waals surface area (Å²) in [5, 5.41) is 2.02. The van der Waals surface area contributed by atoms with E-state index in [1.165, 1.54) is 6.07 Å². The highest BCUT2D eigenvalue weighted by molar-refractivity contribution is 7.90. The van der Waals surface area contributed by atoms with Crippen LogP contribution in [0.2, 0.25) is 0 Å². The minimum atomic E-state index is -4.56.